The molecule has 0 atom stereocenters. The number of rotatable bonds is 3. The Morgan fingerprint density at radius 2 is 1.76 bits per heavy atom. The normalized spacial score (nSPS) is 10.3. The van der Waals surface area contributed by atoms with Crippen molar-refractivity contribution in [3.05, 3.63) is 76.3 Å². The predicted molar refractivity (Wildman–Crippen MR) is 90.1 cm³/mol. The summed E-state index contributed by atoms with van der Waals surface area (Å²) in [5.41, 5.74) is 2.87. The summed E-state index contributed by atoms with van der Waals surface area (Å²) in [4.78, 5) is 0. The van der Waals surface area contributed by atoms with E-state index in [-0.39, 0.29) is 0 Å². The molecule has 0 saturated heterocycles. The zero-order valence-electron chi connectivity index (χ0n) is 11.3. The molecule has 0 heterocycles. The van der Waals surface area contributed by atoms with Crippen LogP contribution in [0.3, 0.4) is 0 Å². The van der Waals surface area contributed by atoms with E-state index in [4.69, 9.17) is 5.26 Å². The SMILES string of the molecule is N#Cc1cccc(CNc2ccc3cc(Br)ccc3c2)c1. The fraction of sp³-hybridized carbons (Fsp3) is 0.0556. The number of nitrogens with one attached hydrogen (secondary N) is 1. The van der Waals surface area contributed by atoms with E-state index in [0.29, 0.717) is 12.1 Å². The van der Waals surface area contributed by atoms with Crippen LogP contribution in [0, 0.1) is 11.3 Å². The van der Waals surface area contributed by atoms with E-state index in [1.807, 2.05) is 30.3 Å². The molecule has 3 aromatic rings. The molecule has 3 heteroatoms. The van der Waals surface area contributed by atoms with Crippen LogP contribution in [0.1, 0.15) is 11.1 Å². The van der Waals surface area contributed by atoms with Crippen molar-refractivity contribution >= 4 is 32.4 Å². The van der Waals surface area contributed by atoms with Crippen molar-refractivity contribution < 1.29 is 0 Å². The highest BCUT2D eigenvalue weighted by Crippen LogP contribution is 2.23. The Bertz CT molecular complexity index is 834. The molecule has 0 aromatic heterocycles. The summed E-state index contributed by atoms with van der Waals surface area (Å²) in [6.07, 6.45) is 0. The molecule has 0 bridgehead atoms. The van der Waals surface area contributed by atoms with Gasteiger partial charge in [0, 0.05) is 16.7 Å². The summed E-state index contributed by atoms with van der Waals surface area (Å²) >= 11 is 3.48. The third-order valence-electron chi connectivity index (χ3n) is 3.36. The maximum absolute atomic E-state index is 8.91. The molecule has 0 spiro atoms. The lowest BCUT2D eigenvalue weighted by molar-refractivity contribution is 1.15. The molecule has 0 unspecified atom stereocenters. The van der Waals surface area contributed by atoms with Gasteiger partial charge in [0.2, 0.25) is 0 Å². The van der Waals surface area contributed by atoms with Crippen LogP contribution in [0.5, 0.6) is 0 Å². The summed E-state index contributed by atoms with van der Waals surface area (Å²) in [5.74, 6) is 0. The van der Waals surface area contributed by atoms with Crippen molar-refractivity contribution in [3.63, 3.8) is 0 Å². The van der Waals surface area contributed by atoms with Gasteiger partial charge in [-0.1, -0.05) is 40.2 Å². The zero-order chi connectivity index (χ0) is 14.7. The number of benzene rings is 3. The summed E-state index contributed by atoms with van der Waals surface area (Å²) < 4.78 is 1.09. The van der Waals surface area contributed by atoms with E-state index < -0.39 is 0 Å². The zero-order valence-corrected chi connectivity index (χ0v) is 12.9. The minimum absolute atomic E-state index is 0.692. The van der Waals surface area contributed by atoms with Gasteiger partial charge < -0.3 is 5.32 Å². The Morgan fingerprint density at radius 1 is 0.952 bits per heavy atom. The first-order valence-electron chi connectivity index (χ1n) is 6.67. The van der Waals surface area contributed by atoms with Crippen molar-refractivity contribution in [2.24, 2.45) is 0 Å². The Morgan fingerprint density at radius 3 is 2.62 bits per heavy atom. The molecule has 102 valence electrons. The van der Waals surface area contributed by atoms with E-state index in [1.165, 1.54) is 10.8 Å². The smallest absolute Gasteiger partial charge is 0.0991 e. The first-order valence-corrected chi connectivity index (χ1v) is 7.46. The number of fused-ring (bicyclic) bond motifs is 1. The van der Waals surface area contributed by atoms with Gasteiger partial charge in [-0.15, -0.1) is 0 Å². The Kier molecular flexibility index (Phi) is 3.89. The standard InChI is InChI=1S/C18H13BrN2/c19-17-6-4-16-10-18(7-5-15(16)9-17)21-12-14-3-1-2-13(8-14)11-20/h1-10,21H,12H2. The molecule has 0 amide bonds. The fourth-order valence-corrected chi connectivity index (χ4v) is 2.66. The summed E-state index contributed by atoms with van der Waals surface area (Å²) in [7, 11) is 0. The van der Waals surface area contributed by atoms with E-state index in [9.17, 15) is 0 Å². The van der Waals surface area contributed by atoms with Crippen LogP contribution in [-0.2, 0) is 6.54 Å². The van der Waals surface area contributed by atoms with Crippen LogP contribution in [0.4, 0.5) is 5.69 Å². The third-order valence-corrected chi connectivity index (χ3v) is 3.85. The van der Waals surface area contributed by atoms with Gasteiger partial charge in [-0.2, -0.15) is 5.26 Å². The van der Waals surface area contributed by atoms with Gasteiger partial charge in [-0.3, -0.25) is 0 Å². The minimum atomic E-state index is 0.692. The molecule has 0 aliphatic heterocycles. The van der Waals surface area contributed by atoms with Gasteiger partial charge in [0.25, 0.3) is 0 Å². The Labute approximate surface area is 132 Å². The lowest BCUT2D eigenvalue weighted by atomic mass is 10.1. The highest BCUT2D eigenvalue weighted by molar-refractivity contribution is 9.10. The lowest BCUT2D eigenvalue weighted by Crippen LogP contribution is -1.99. The monoisotopic (exact) mass is 336 g/mol. The van der Waals surface area contributed by atoms with Crippen LogP contribution in [0.2, 0.25) is 0 Å². The molecule has 0 radical (unpaired) electrons. The van der Waals surface area contributed by atoms with E-state index >= 15 is 0 Å². The number of hydrogen-bond acceptors (Lipinski definition) is 2. The largest absolute Gasteiger partial charge is 0.381 e. The second-order valence-corrected chi connectivity index (χ2v) is 5.79. The molecule has 3 rings (SSSR count). The topological polar surface area (TPSA) is 35.8 Å². The van der Waals surface area contributed by atoms with Crippen LogP contribution < -0.4 is 5.32 Å². The maximum Gasteiger partial charge on any atom is 0.0991 e. The van der Waals surface area contributed by atoms with Crippen molar-refractivity contribution in [2.75, 3.05) is 5.32 Å². The lowest BCUT2D eigenvalue weighted by Gasteiger charge is -2.08. The summed E-state index contributed by atoms with van der Waals surface area (Å²) in [6, 6.07) is 22.4. The fourth-order valence-electron chi connectivity index (χ4n) is 2.28. The molecule has 0 saturated carbocycles. The molecule has 2 nitrogen and oxygen atoms in total. The summed E-state index contributed by atoms with van der Waals surface area (Å²) in [6.45, 7) is 0.706. The predicted octanol–water partition coefficient (Wildman–Crippen LogP) is 5.09. The average molecular weight is 337 g/mol. The molecule has 0 aliphatic carbocycles. The van der Waals surface area contributed by atoms with E-state index in [2.05, 4.69) is 57.6 Å². The first-order chi connectivity index (χ1) is 10.2. The van der Waals surface area contributed by atoms with Gasteiger partial charge in [0.1, 0.15) is 0 Å². The van der Waals surface area contributed by atoms with Gasteiger partial charge in [-0.05, 0) is 52.7 Å². The quantitative estimate of drug-likeness (QED) is 0.723. The van der Waals surface area contributed by atoms with Crippen LogP contribution >= 0.6 is 15.9 Å². The molecule has 3 aromatic carbocycles. The molecular weight excluding hydrogens is 324 g/mol. The third kappa shape index (κ3) is 3.24. The molecule has 0 aliphatic rings. The van der Waals surface area contributed by atoms with Gasteiger partial charge in [-0.25, -0.2) is 0 Å². The van der Waals surface area contributed by atoms with Crippen LogP contribution in [0.25, 0.3) is 10.8 Å². The number of nitrogens with zero attached hydrogens (tertiary/aromatic N) is 1. The van der Waals surface area contributed by atoms with Crippen molar-refractivity contribution in [3.8, 4) is 6.07 Å². The molecule has 0 fully saturated rings. The Balaban J connectivity index is 1.78. The van der Waals surface area contributed by atoms with Gasteiger partial charge >= 0.3 is 0 Å². The first kappa shape index (κ1) is 13.7. The highest BCUT2D eigenvalue weighted by atomic mass is 79.9. The number of hydrogen-bond donors (Lipinski definition) is 1. The minimum Gasteiger partial charge on any atom is -0.381 e. The molecule has 1 N–H and O–H groups in total. The van der Waals surface area contributed by atoms with Crippen LogP contribution in [-0.4, -0.2) is 0 Å². The van der Waals surface area contributed by atoms with Gasteiger partial charge in [0.15, 0.2) is 0 Å². The van der Waals surface area contributed by atoms with Crippen molar-refractivity contribution in [1.82, 2.24) is 0 Å². The van der Waals surface area contributed by atoms with E-state index in [1.54, 1.807) is 0 Å². The number of nitriles is 1. The van der Waals surface area contributed by atoms with Crippen molar-refractivity contribution in [1.29, 1.82) is 5.26 Å². The van der Waals surface area contributed by atoms with Crippen molar-refractivity contribution in [2.45, 2.75) is 6.54 Å². The second kappa shape index (κ2) is 5.99. The number of anilines is 1. The number of halogens is 1. The Hall–Kier alpha value is -2.31. The molecular formula is C18H13BrN2. The second-order valence-electron chi connectivity index (χ2n) is 4.87. The highest BCUT2D eigenvalue weighted by Gasteiger charge is 1.99. The maximum atomic E-state index is 8.91. The van der Waals surface area contributed by atoms with E-state index in [0.717, 1.165) is 15.7 Å². The molecule has 21 heavy (non-hydrogen) atoms. The average Bonchev–Trinajstić information content (AvgIpc) is 2.53. The van der Waals surface area contributed by atoms with Crippen LogP contribution in [0.15, 0.2) is 65.1 Å². The van der Waals surface area contributed by atoms with Gasteiger partial charge in [0.05, 0.1) is 11.6 Å². The summed E-state index contributed by atoms with van der Waals surface area (Å²) in [5, 5.41) is 14.7.